The van der Waals surface area contributed by atoms with Gasteiger partial charge in [-0.2, -0.15) is 0 Å². The fraction of sp³-hybridized carbons (Fsp3) is 0.625. The molecule has 0 radical (unpaired) electrons. The van der Waals surface area contributed by atoms with Crippen LogP contribution in [0.3, 0.4) is 0 Å². The zero-order valence-electron chi connectivity index (χ0n) is 12.0. The number of nitrogens with one attached hydrogen (secondary N) is 1. The summed E-state index contributed by atoms with van der Waals surface area (Å²) < 4.78 is 13.1. The molecule has 2 bridgehead atoms. The molecule has 0 aromatic heterocycles. The summed E-state index contributed by atoms with van der Waals surface area (Å²) >= 11 is 0. The van der Waals surface area contributed by atoms with E-state index < -0.39 is 0 Å². The highest BCUT2D eigenvalue weighted by Gasteiger charge is 2.31. The largest absolute Gasteiger partial charge is 0.310 e. The second-order valence-corrected chi connectivity index (χ2v) is 5.90. The molecule has 1 N–H and O–H groups in total. The molecule has 1 aromatic rings. The third-order valence-corrected chi connectivity index (χ3v) is 4.64. The van der Waals surface area contributed by atoms with Crippen molar-refractivity contribution in [3.63, 3.8) is 0 Å². The number of nitrogens with zero attached hydrogens (tertiary/aromatic N) is 1. The van der Waals surface area contributed by atoms with Gasteiger partial charge < -0.3 is 5.32 Å². The maximum atomic E-state index is 13.1. The first-order valence-corrected chi connectivity index (χ1v) is 7.52. The Morgan fingerprint density at radius 1 is 1.20 bits per heavy atom. The first-order chi connectivity index (χ1) is 9.26. The fourth-order valence-electron chi connectivity index (χ4n) is 3.64. The first-order valence-electron chi connectivity index (χ1n) is 7.52. The van der Waals surface area contributed by atoms with E-state index in [1.54, 1.807) is 12.1 Å². The van der Waals surface area contributed by atoms with E-state index in [0.29, 0.717) is 12.1 Å². The smallest absolute Gasteiger partial charge is 0.123 e. The van der Waals surface area contributed by atoms with Gasteiger partial charge in [0.05, 0.1) is 0 Å². The minimum absolute atomic E-state index is 0. The van der Waals surface area contributed by atoms with Crippen molar-refractivity contribution in [3.05, 3.63) is 35.6 Å². The van der Waals surface area contributed by atoms with E-state index in [9.17, 15) is 4.39 Å². The van der Waals surface area contributed by atoms with Crippen LogP contribution >= 0.6 is 12.4 Å². The first kappa shape index (κ1) is 15.7. The predicted molar refractivity (Wildman–Crippen MR) is 82.8 cm³/mol. The Labute approximate surface area is 127 Å². The number of rotatable bonds is 3. The summed E-state index contributed by atoms with van der Waals surface area (Å²) in [5.41, 5.74) is 1.25. The number of hydrogen-bond donors (Lipinski definition) is 1. The number of halogens is 2. The Bertz CT molecular complexity index is 423. The fourth-order valence-corrected chi connectivity index (χ4v) is 3.64. The van der Waals surface area contributed by atoms with Crippen LogP contribution < -0.4 is 5.32 Å². The van der Waals surface area contributed by atoms with Gasteiger partial charge >= 0.3 is 0 Å². The molecule has 2 aliphatic rings. The molecule has 2 aliphatic heterocycles. The van der Waals surface area contributed by atoms with Gasteiger partial charge in [-0.1, -0.05) is 19.1 Å². The molecule has 3 rings (SSSR count). The summed E-state index contributed by atoms with van der Waals surface area (Å²) in [6, 6.07) is 8.87. The van der Waals surface area contributed by atoms with Gasteiger partial charge in [0.15, 0.2) is 0 Å². The monoisotopic (exact) mass is 298 g/mol. The van der Waals surface area contributed by atoms with E-state index in [4.69, 9.17) is 0 Å². The molecule has 0 spiro atoms. The van der Waals surface area contributed by atoms with Crippen molar-refractivity contribution in [2.75, 3.05) is 13.1 Å². The number of hydrogen-bond acceptors (Lipinski definition) is 2. The van der Waals surface area contributed by atoms with Gasteiger partial charge in [0.25, 0.3) is 0 Å². The maximum Gasteiger partial charge on any atom is 0.123 e. The van der Waals surface area contributed by atoms with Gasteiger partial charge in [0, 0.05) is 31.2 Å². The second-order valence-electron chi connectivity index (χ2n) is 5.90. The molecule has 2 saturated heterocycles. The third kappa shape index (κ3) is 3.33. The molecule has 1 aromatic carbocycles. The van der Waals surface area contributed by atoms with Crippen molar-refractivity contribution in [3.8, 4) is 0 Å². The van der Waals surface area contributed by atoms with Crippen molar-refractivity contribution < 1.29 is 4.39 Å². The molecule has 2 nitrogen and oxygen atoms in total. The third-order valence-electron chi connectivity index (χ3n) is 4.64. The molecular weight excluding hydrogens is 275 g/mol. The Morgan fingerprint density at radius 2 is 1.90 bits per heavy atom. The molecule has 2 heterocycles. The van der Waals surface area contributed by atoms with Crippen molar-refractivity contribution in [1.29, 1.82) is 0 Å². The zero-order chi connectivity index (χ0) is 13.2. The Balaban J connectivity index is 0.00000147. The molecular formula is C16H24ClFN2. The molecule has 3 atom stereocenters. The van der Waals surface area contributed by atoms with Crippen LogP contribution in [-0.4, -0.2) is 30.1 Å². The summed E-state index contributed by atoms with van der Waals surface area (Å²) in [6.45, 7) is 4.51. The van der Waals surface area contributed by atoms with Crippen molar-refractivity contribution in [2.45, 2.75) is 50.7 Å². The SMILES string of the molecule is CCC(c1ccc(F)cc1)N1CCC2CCC(C1)N2.Cl. The second kappa shape index (κ2) is 6.88. The van der Waals surface area contributed by atoms with Crippen LogP contribution in [0.4, 0.5) is 4.39 Å². The topological polar surface area (TPSA) is 15.3 Å². The van der Waals surface area contributed by atoms with Gasteiger partial charge in [0.2, 0.25) is 0 Å². The Morgan fingerprint density at radius 3 is 2.60 bits per heavy atom. The van der Waals surface area contributed by atoms with Crippen molar-refractivity contribution in [2.24, 2.45) is 0 Å². The van der Waals surface area contributed by atoms with Crippen molar-refractivity contribution in [1.82, 2.24) is 10.2 Å². The predicted octanol–water partition coefficient (Wildman–Crippen LogP) is 3.52. The highest BCUT2D eigenvalue weighted by molar-refractivity contribution is 5.85. The highest BCUT2D eigenvalue weighted by Crippen LogP contribution is 2.29. The van der Waals surface area contributed by atoms with E-state index in [1.165, 1.54) is 24.8 Å². The number of likely N-dealkylation sites (tertiary alicyclic amines) is 1. The van der Waals surface area contributed by atoms with Gasteiger partial charge in [-0.15, -0.1) is 12.4 Å². The minimum atomic E-state index is -0.143. The summed E-state index contributed by atoms with van der Waals surface area (Å²) in [6.07, 6.45) is 4.98. The lowest BCUT2D eigenvalue weighted by molar-refractivity contribution is 0.182. The normalized spacial score (nSPS) is 27.7. The van der Waals surface area contributed by atoms with E-state index >= 15 is 0 Å². The van der Waals surface area contributed by atoms with Gasteiger partial charge in [-0.05, 0) is 43.4 Å². The molecule has 4 heteroatoms. The molecule has 112 valence electrons. The van der Waals surface area contributed by atoms with Crippen LogP contribution in [0.25, 0.3) is 0 Å². The van der Waals surface area contributed by atoms with Gasteiger partial charge in [0.1, 0.15) is 5.82 Å². The molecule has 20 heavy (non-hydrogen) atoms. The average molecular weight is 299 g/mol. The van der Waals surface area contributed by atoms with Crippen LogP contribution in [0.15, 0.2) is 24.3 Å². The Kier molecular flexibility index (Phi) is 5.42. The van der Waals surface area contributed by atoms with E-state index in [1.807, 2.05) is 12.1 Å². The van der Waals surface area contributed by atoms with Crippen molar-refractivity contribution >= 4 is 12.4 Å². The summed E-state index contributed by atoms with van der Waals surface area (Å²) in [4.78, 5) is 2.59. The minimum Gasteiger partial charge on any atom is -0.310 e. The van der Waals surface area contributed by atoms with Crippen LogP contribution in [0.1, 0.15) is 44.2 Å². The van der Waals surface area contributed by atoms with Gasteiger partial charge in [-0.25, -0.2) is 4.39 Å². The lowest BCUT2D eigenvalue weighted by atomic mass is 10.00. The molecule has 2 fully saturated rings. The molecule has 0 aliphatic carbocycles. The number of fused-ring (bicyclic) bond motifs is 2. The van der Waals surface area contributed by atoms with Crippen LogP contribution in [0.5, 0.6) is 0 Å². The van der Waals surface area contributed by atoms with E-state index in [-0.39, 0.29) is 18.2 Å². The van der Waals surface area contributed by atoms with Crippen LogP contribution in [-0.2, 0) is 0 Å². The molecule has 0 amide bonds. The summed E-state index contributed by atoms with van der Waals surface area (Å²) in [5.74, 6) is -0.143. The standard InChI is InChI=1S/C16H23FN2.ClH/c1-2-16(12-3-5-13(17)6-4-12)19-10-9-14-7-8-15(11-19)18-14;/h3-6,14-16,18H,2,7-11H2,1H3;1H. The van der Waals surface area contributed by atoms with E-state index in [2.05, 4.69) is 17.1 Å². The van der Waals surface area contributed by atoms with Crippen LogP contribution in [0, 0.1) is 5.82 Å². The van der Waals surface area contributed by atoms with E-state index in [0.717, 1.165) is 25.6 Å². The van der Waals surface area contributed by atoms with Crippen LogP contribution in [0.2, 0.25) is 0 Å². The highest BCUT2D eigenvalue weighted by atomic mass is 35.5. The maximum absolute atomic E-state index is 13.1. The lowest BCUT2D eigenvalue weighted by Gasteiger charge is -2.32. The summed E-state index contributed by atoms with van der Waals surface area (Å²) in [5, 5.41) is 3.72. The Hall–Kier alpha value is -0.640. The van der Waals surface area contributed by atoms with Gasteiger partial charge in [-0.3, -0.25) is 4.90 Å². The molecule has 0 saturated carbocycles. The quantitative estimate of drug-likeness (QED) is 0.918. The average Bonchev–Trinajstić information content (AvgIpc) is 2.74. The number of benzene rings is 1. The zero-order valence-corrected chi connectivity index (χ0v) is 12.8. The molecule has 3 unspecified atom stereocenters. The summed E-state index contributed by atoms with van der Waals surface area (Å²) in [7, 11) is 0. The lowest BCUT2D eigenvalue weighted by Crippen LogP contribution is -2.37.